The summed E-state index contributed by atoms with van der Waals surface area (Å²) in [7, 11) is 1.78. The lowest BCUT2D eigenvalue weighted by Crippen LogP contribution is -2.39. The molecule has 168 valence electrons. The third-order valence-corrected chi connectivity index (χ3v) is 5.81. The van der Waals surface area contributed by atoms with Gasteiger partial charge in [-0.25, -0.2) is 4.79 Å². The summed E-state index contributed by atoms with van der Waals surface area (Å²) in [5, 5.41) is 2.65. The SMILES string of the molecule is CN(C(=O)c1ccccc1C(=O)OCC(=O)Nc1ccc2c(c1)OCO2)C1CCCCC1. The van der Waals surface area contributed by atoms with E-state index in [4.69, 9.17) is 14.2 Å². The van der Waals surface area contributed by atoms with E-state index in [1.54, 1.807) is 54.4 Å². The first-order valence-electron chi connectivity index (χ1n) is 10.8. The molecule has 1 N–H and O–H groups in total. The summed E-state index contributed by atoms with van der Waals surface area (Å²) in [6.07, 6.45) is 5.33. The summed E-state index contributed by atoms with van der Waals surface area (Å²) < 4.78 is 15.7. The van der Waals surface area contributed by atoms with Crippen molar-refractivity contribution in [1.29, 1.82) is 0 Å². The zero-order valence-corrected chi connectivity index (χ0v) is 18.0. The van der Waals surface area contributed by atoms with E-state index in [-0.39, 0.29) is 29.9 Å². The topological polar surface area (TPSA) is 94.2 Å². The Morgan fingerprint density at radius 1 is 1.00 bits per heavy atom. The number of nitrogens with zero attached hydrogens (tertiary/aromatic N) is 1. The van der Waals surface area contributed by atoms with Crippen molar-refractivity contribution in [3.05, 3.63) is 53.6 Å². The average molecular weight is 438 g/mol. The largest absolute Gasteiger partial charge is 0.454 e. The first-order chi connectivity index (χ1) is 15.5. The predicted octanol–water partition coefficient (Wildman–Crippen LogP) is 3.62. The minimum atomic E-state index is -0.716. The van der Waals surface area contributed by atoms with Gasteiger partial charge in [0.05, 0.1) is 11.1 Å². The third kappa shape index (κ3) is 4.85. The standard InChI is InChI=1S/C24H26N2O6/c1-26(17-7-3-2-4-8-17)23(28)18-9-5-6-10-19(18)24(29)30-14-22(27)25-16-11-12-20-21(13-16)32-15-31-20/h5-6,9-13,17H,2-4,7-8,14-15H2,1H3,(H,25,27). The second kappa shape index (κ2) is 9.72. The molecule has 0 bridgehead atoms. The molecule has 0 saturated heterocycles. The molecule has 2 amide bonds. The van der Waals surface area contributed by atoms with Crippen LogP contribution in [-0.4, -0.2) is 49.2 Å². The van der Waals surface area contributed by atoms with Gasteiger partial charge in [-0.3, -0.25) is 9.59 Å². The number of benzene rings is 2. The van der Waals surface area contributed by atoms with E-state index in [1.165, 1.54) is 6.42 Å². The summed E-state index contributed by atoms with van der Waals surface area (Å²) in [5.41, 5.74) is 0.928. The van der Waals surface area contributed by atoms with Crippen LogP contribution in [0.2, 0.25) is 0 Å². The average Bonchev–Trinajstić information content (AvgIpc) is 3.30. The van der Waals surface area contributed by atoms with Crippen molar-refractivity contribution in [3.8, 4) is 11.5 Å². The molecule has 0 aromatic heterocycles. The second-order valence-corrected chi connectivity index (χ2v) is 7.95. The number of carbonyl (C=O) groups is 3. The molecule has 1 heterocycles. The maximum Gasteiger partial charge on any atom is 0.339 e. The minimum absolute atomic E-state index is 0.137. The molecular formula is C24H26N2O6. The Morgan fingerprint density at radius 2 is 1.72 bits per heavy atom. The van der Waals surface area contributed by atoms with Crippen molar-refractivity contribution in [2.45, 2.75) is 38.1 Å². The van der Waals surface area contributed by atoms with Gasteiger partial charge in [0.2, 0.25) is 6.79 Å². The highest BCUT2D eigenvalue weighted by Gasteiger charge is 2.26. The number of carbonyl (C=O) groups excluding carboxylic acids is 3. The number of hydrogen-bond donors (Lipinski definition) is 1. The van der Waals surface area contributed by atoms with Gasteiger partial charge >= 0.3 is 5.97 Å². The minimum Gasteiger partial charge on any atom is -0.454 e. The molecule has 1 aliphatic carbocycles. The van der Waals surface area contributed by atoms with Crippen LogP contribution < -0.4 is 14.8 Å². The number of nitrogens with one attached hydrogen (secondary N) is 1. The van der Waals surface area contributed by atoms with Crippen LogP contribution in [0.1, 0.15) is 52.8 Å². The first kappa shape index (κ1) is 21.7. The van der Waals surface area contributed by atoms with Gasteiger partial charge in [0.25, 0.3) is 11.8 Å². The molecule has 2 aromatic carbocycles. The monoisotopic (exact) mass is 438 g/mol. The Hall–Kier alpha value is -3.55. The quantitative estimate of drug-likeness (QED) is 0.693. The van der Waals surface area contributed by atoms with Crippen LogP contribution in [0.15, 0.2) is 42.5 Å². The van der Waals surface area contributed by atoms with Gasteiger partial charge in [-0.2, -0.15) is 0 Å². The van der Waals surface area contributed by atoms with Crippen LogP contribution in [0.5, 0.6) is 11.5 Å². The molecule has 0 atom stereocenters. The lowest BCUT2D eigenvalue weighted by molar-refractivity contribution is -0.119. The predicted molar refractivity (Wildman–Crippen MR) is 117 cm³/mol. The van der Waals surface area contributed by atoms with Crippen molar-refractivity contribution in [2.75, 3.05) is 25.8 Å². The van der Waals surface area contributed by atoms with Crippen LogP contribution in [0.25, 0.3) is 0 Å². The van der Waals surface area contributed by atoms with Crippen molar-refractivity contribution in [3.63, 3.8) is 0 Å². The number of anilines is 1. The van der Waals surface area contributed by atoms with Crippen LogP contribution in [0, 0.1) is 0 Å². The zero-order valence-electron chi connectivity index (χ0n) is 18.0. The molecule has 1 fully saturated rings. The molecule has 0 spiro atoms. The number of rotatable bonds is 6. The van der Waals surface area contributed by atoms with E-state index >= 15 is 0 Å². The van der Waals surface area contributed by atoms with E-state index in [2.05, 4.69) is 5.32 Å². The van der Waals surface area contributed by atoms with E-state index in [0.29, 0.717) is 17.2 Å². The van der Waals surface area contributed by atoms with Gasteiger partial charge in [-0.05, 0) is 37.1 Å². The number of ether oxygens (including phenoxy) is 3. The lowest BCUT2D eigenvalue weighted by Gasteiger charge is -2.31. The fourth-order valence-electron chi connectivity index (χ4n) is 4.05. The maximum atomic E-state index is 13.1. The summed E-state index contributed by atoms with van der Waals surface area (Å²) in [4.78, 5) is 39.7. The number of esters is 1. The highest BCUT2D eigenvalue weighted by molar-refractivity contribution is 6.06. The van der Waals surface area contributed by atoms with E-state index in [9.17, 15) is 14.4 Å². The molecule has 0 radical (unpaired) electrons. The van der Waals surface area contributed by atoms with Crippen LogP contribution >= 0.6 is 0 Å². The fourth-order valence-corrected chi connectivity index (χ4v) is 4.05. The second-order valence-electron chi connectivity index (χ2n) is 7.95. The Labute approximate surface area is 186 Å². The smallest absolute Gasteiger partial charge is 0.339 e. The Balaban J connectivity index is 1.37. The molecule has 32 heavy (non-hydrogen) atoms. The van der Waals surface area contributed by atoms with Gasteiger partial charge in [0, 0.05) is 24.8 Å². The third-order valence-electron chi connectivity index (χ3n) is 5.81. The molecule has 8 heteroatoms. The normalized spacial score (nSPS) is 15.2. The summed E-state index contributed by atoms with van der Waals surface area (Å²) in [6, 6.07) is 11.7. The molecule has 4 rings (SSSR count). The van der Waals surface area contributed by atoms with Gasteiger partial charge in [-0.15, -0.1) is 0 Å². The maximum absolute atomic E-state index is 13.1. The zero-order chi connectivity index (χ0) is 22.5. The van der Waals surface area contributed by atoms with Gasteiger partial charge in [0.1, 0.15) is 0 Å². The summed E-state index contributed by atoms with van der Waals surface area (Å²) >= 11 is 0. The Kier molecular flexibility index (Phi) is 6.58. The Bertz CT molecular complexity index is 1020. The molecular weight excluding hydrogens is 412 g/mol. The van der Waals surface area contributed by atoms with Crippen LogP contribution in [0.4, 0.5) is 5.69 Å². The van der Waals surface area contributed by atoms with E-state index < -0.39 is 18.5 Å². The molecule has 2 aliphatic rings. The number of hydrogen-bond acceptors (Lipinski definition) is 6. The molecule has 1 saturated carbocycles. The summed E-state index contributed by atoms with van der Waals surface area (Å²) in [5.74, 6) is -0.287. The first-order valence-corrected chi connectivity index (χ1v) is 10.8. The molecule has 8 nitrogen and oxygen atoms in total. The van der Waals surface area contributed by atoms with Crippen molar-refractivity contribution in [1.82, 2.24) is 4.90 Å². The van der Waals surface area contributed by atoms with E-state index in [0.717, 1.165) is 25.7 Å². The summed E-state index contributed by atoms with van der Waals surface area (Å²) in [6.45, 7) is -0.341. The molecule has 0 unspecified atom stereocenters. The van der Waals surface area contributed by atoms with Gasteiger partial charge in [-0.1, -0.05) is 31.4 Å². The molecule has 2 aromatic rings. The van der Waals surface area contributed by atoms with Crippen molar-refractivity contribution >= 4 is 23.5 Å². The number of amides is 2. The highest BCUT2D eigenvalue weighted by atomic mass is 16.7. The van der Waals surface area contributed by atoms with Crippen LogP contribution in [-0.2, 0) is 9.53 Å². The van der Waals surface area contributed by atoms with E-state index in [1.807, 2.05) is 0 Å². The van der Waals surface area contributed by atoms with Crippen molar-refractivity contribution < 1.29 is 28.6 Å². The Morgan fingerprint density at radius 3 is 2.50 bits per heavy atom. The lowest BCUT2D eigenvalue weighted by atomic mass is 9.94. The molecule has 1 aliphatic heterocycles. The van der Waals surface area contributed by atoms with Crippen LogP contribution in [0.3, 0.4) is 0 Å². The van der Waals surface area contributed by atoms with Gasteiger partial charge in [0.15, 0.2) is 18.1 Å². The number of fused-ring (bicyclic) bond motifs is 1. The highest BCUT2D eigenvalue weighted by Crippen LogP contribution is 2.34. The fraction of sp³-hybridized carbons (Fsp3) is 0.375. The van der Waals surface area contributed by atoms with Gasteiger partial charge < -0.3 is 24.4 Å². The van der Waals surface area contributed by atoms with Crippen molar-refractivity contribution in [2.24, 2.45) is 0 Å².